The van der Waals surface area contributed by atoms with Gasteiger partial charge in [0.1, 0.15) is 11.4 Å². The van der Waals surface area contributed by atoms with Crippen LogP contribution < -0.4 is 0 Å². The highest BCUT2D eigenvalue weighted by Gasteiger charge is 2.11. The van der Waals surface area contributed by atoms with Crippen molar-refractivity contribution in [1.29, 1.82) is 0 Å². The highest BCUT2D eigenvalue weighted by molar-refractivity contribution is 5.64. The van der Waals surface area contributed by atoms with Gasteiger partial charge in [0.15, 0.2) is 0 Å². The van der Waals surface area contributed by atoms with E-state index < -0.39 is 0 Å². The lowest BCUT2D eigenvalue weighted by molar-refractivity contribution is 0.470. The summed E-state index contributed by atoms with van der Waals surface area (Å²) in [6.45, 7) is 1.95. The smallest absolute Gasteiger partial charge is 0.141 e. The monoisotopic (exact) mass is 250 g/mol. The average molecular weight is 250 g/mol. The molecular weight excluding hydrogens is 236 g/mol. The molecule has 0 spiro atoms. The molecule has 0 fully saturated rings. The van der Waals surface area contributed by atoms with Crippen LogP contribution in [0.4, 0.5) is 0 Å². The van der Waals surface area contributed by atoms with E-state index in [4.69, 9.17) is 0 Å². The quantitative estimate of drug-likeness (QED) is 0.755. The first-order chi connectivity index (χ1) is 9.25. The van der Waals surface area contributed by atoms with E-state index in [-0.39, 0.29) is 5.75 Å². The summed E-state index contributed by atoms with van der Waals surface area (Å²) < 4.78 is 1.78. The SMILES string of the molecule is Cc1cc(-c2ccccc2)n(-c2ccccc2O)n1. The zero-order valence-corrected chi connectivity index (χ0v) is 10.6. The normalized spacial score (nSPS) is 10.6. The van der Waals surface area contributed by atoms with Crippen LogP contribution in [0.1, 0.15) is 5.69 Å². The standard InChI is InChI=1S/C16H14N2O/c1-12-11-15(13-7-3-2-4-8-13)18(17-12)14-9-5-6-10-16(14)19/h2-11,19H,1H3. The van der Waals surface area contributed by atoms with Crippen molar-refractivity contribution in [2.45, 2.75) is 6.92 Å². The molecule has 0 amide bonds. The summed E-state index contributed by atoms with van der Waals surface area (Å²) in [6, 6.07) is 19.3. The summed E-state index contributed by atoms with van der Waals surface area (Å²) in [5.41, 5.74) is 3.66. The highest BCUT2D eigenvalue weighted by Crippen LogP contribution is 2.27. The fraction of sp³-hybridized carbons (Fsp3) is 0.0625. The molecule has 1 heterocycles. The molecule has 3 nitrogen and oxygen atoms in total. The lowest BCUT2D eigenvalue weighted by atomic mass is 10.1. The van der Waals surface area contributed by atoms with Gasteiger partial charge in [-0.25, -0.2) is 4.68 Å². The summed E-state index contributed by atoms with van der Waals surface area (Å²) in [5, 5.41) is 14.5. The van der Waals surface area contributed by atoms with E-state index in [1.807, 2.05) is 55.5 Å². The Morgan fingerprint density at radius 1 is 0.947 bits per heavy atom. The van der Waals surface area contributed by atoms with Gasteiger partial charge in [-0.2, -0.15) is 5.10 Å². The zero-order chi connectivity index (χ0) is 13.2. The summed E-state index contributed by atoms with van der Waals surface area (Å²) in [7, 11) is 0. The Balaban J connectivity index is 2.21. The molecule has 1 N–H and O–H groups in total. The van der Waals surface area contributed by atoms with E-state index in [1.54, 1.807) is 16.8 Å². The van der Waals surface area contributed by atoms with Crippen molar-refractivity contribution in [3.05, 3.63) is 66.4 Å². The number of phenolic OH excluding ortho intramolecular Hbond substituents is 1. The van der Waals surface area contributed by atoms with Gasteiger partial charge in [0, 0.05) is 5.56 Å². The van der Waals surface area contributed by atoms with Gasteiger partial charge in [0.2, 0.25) is 0 Å². The topological polar surface area (TPSA) is 38.0 Å². The fourth-order valence-corrected chi connectivity index (χ4v) is 2.14. The Bertz CT molecular complexity index is 702. The number of para-hydroxylation sites is 2. The van der Waals surface area contributed by atoms with Crippen molar-refractivity contribution in [1.82, 2.24) is 9.78 Å². The van der Waals surface area contributed by atoms with Crippen LogP contribution in [0.2, 0.25) is 0 Å². The predicted octanol–water partition coefficient (Wildman–Crippen LogP) is 3.55. The Kier molecular flexibility index (Phi) is 2.80. The summed E-state index contributed by atoms with van der Waals surface area (Å²) in [5.74, 6) is 0.225. The maximum atomic E-state index is 9.98. The number of hydrogen-bond acceptors (Lipinski definition) is 2. The molecule has 1 aromatic heterocycles. The lowest BCUT2D eigenvalue weighted by Crippen LogP contribution is -1.99. The van der Waals surface area contributed by atoms with Gasteiger partial charge in [-0.3, -0.25) is 0 Å². The second-order valence-electron chi connectivity index (χ2n) is 4.44. The molecule has 19 heavy (non-hydrogen) atoms. The Morgan fingerprint density at radius 2 is 1.63 bits per heavy atom. The van der Waals surface area contributed by atoms with Crippen molar-refractivity contribution in [3.63, 3.8) is 0 Å². The molecule has 94 valence electrons. The number of phenols is 1. The maximum absolute atomic E-state index is 9.98. The first-order valence-corrected chi connectivity index (χ1v) is 6.16. The third kappa shape index (κ3) is 2.10. The molecule has 0 unspecified atom stereocenters. The van der Waals surface area contributed by atoms with E-state index in [9.17, 15) is 5.11 Å². The first kappa shape index (κ1) is 11.5. The van der Waals surface area contributed by atoms with Crippen LogP contribution in [0, 0.1) is 6.92 Å². The molecule has 0 aliphatic carbocycles. The number of hydrogen-bond donors (Lipinski definition) is 1. The Morgan fingerprint density at radius 3 is 2.37 bits per heavy atom. The molecule has 3 rings (SSSR count). The van der Waals surface area contributed by atoms with Crippen molar-refractivity contribution in [2.24, 2.45) is 0 Å². The molecule has 0 bridgehead atoms. The van der Waals surface area contributed by atoms with Gasteiger partial charge in [-0.1, -0.05) is 42.5 Å². The molecule has 3 heteroatoms. The van der Waals surface area contributed by atoms with Crippen LogP contribution >= 0.6 is 0 Å². The molecular formula is C16H14N2O. The molecule has 2 aromatic carbocycles. The van der Waals surface area contributed by atoms with Gasteiger partial charge in [-0.15, -0.1) is 0 Å². The van der Waals surface area contributed by atoms with Gasteiger partial charge < -0.3 is 5.11 Å². The van der Waals surface area contributed by atoms with Crippen LogP contribution in [0.25, 0.3) is 16.9 Å². The number of aromatic hydroxyl groups is 1. The lowest BCUT2D eigenvalue weighted by Gasteiger charge is -2.09. The minimum Gasteiger partial charge on any atom is -0.506 e. The number of aryl methyl sites for hydroxylation is 1. The second-order valence-corrected chi connectivity index (χ2v) is 4.44. The van der Waals surface area contributed by atoms with Gasteiger partial charge >= 0.3 is 0 Å². The zero-order valence-electron chi connectivity index (χ0n) is 10.6. The van der Waals surface area contributed by atoms with Crippen LogP contribution in [-0.2, 0) is 0 Å². The summed E-state index contributed by atoms with van der Waals surface area (Å²) in [4.78, 5) is 0. The maximum Gasteiger partial charge on any atom is 0.141 e. The third-order valence-electron chi connectivity index (χ3n) is 3.01. The van der Waals surface area contributed by atoms with Crippen molar-refractivity contribution in [2.75, 3.05) is 0 Å². The minimum absolute atomic E-state index is 0.225. The van der Waals surface area contributed by atoms with Gasteiger partial charge in [0.25, 0.3) is 0 Å². The number of aromatic nitrogens is 2. The molecule has 0 saturated heterocycles. The van der Waals surface area contributed by atoms with Crippen LogP contribution in [-0.4, -0.2) is 14.9 Å². The number of benzene rings is 2. The van der Waals surface area contributed by atoms with E-state index in [0.29, 0.717) is 5.69 Å². The fourth-order valence-electron chi connectivity index (χ4n) is 2.14. The van der Waals surface area contributed by atoms with E-state index in [2.05, 4.69) is 5.10 Å². The van der Waals surface area contributed by atoms with Gasteiger partial charge in [-0.05, 0) is 25.1 Å². The Hall–Kier alpha value is -2.55. The van der Waals surface area contributed by atoms with Crippen molar-refractivity contribution >= 4 is 0 Å². The van der Waals surface area contributed by atoms with Crippen LogP contribution in [0.3, 0.4) is 0 Å². The largest absolute Gasteiger partial charge is 0.506 e. The van der Waals surface area contributed by atoms with Crippen molar-refractivity contribution < 1.29 is 5.11 Å². The molecule has 0 aliphatic rings. The summed E-state index contributed by atoms with van der Waals surface area (Å²) in [6.07, 6.45) is 0. The molecule has 0 radical (unpaired) electrons. The number of rotatable bonds is 2. The van der Waals surface area contributed by atoms with Gasteiger partial charge in [0.05, 0.1) is 11.4 Å². The van der Waals surface area contributed by atoms with E-state index in [1.165, 1.54) is 0 Å². The minimum atomic E-state index is 0.225. The third-order valence-corrected chi connectivity index (χ3v) is 3.01. The second kappa shape index (κ2) is 4.61. The first-order valence-electron chi connectivity index (χ1n) is 6.16. The number of nitrogens with zero attached hydrogens (tertiary/aromatic N) is 2. The predicted molar refractivity (Wildman–Crippen MR) is 75.4 cm³/mol. The van der Waals surface area contributed by atoms with Crippen molar-refractivity contribution in [3.8, 4) is 22.7 Å². The molecule has 0 aliphatic heterocycles. The summed E-state index contributed by atoms with van der Waals surface area (Å²) >= 11 is 0. The van der Waals surface area contributed by atoms with Crippen LogP contribution in [0.5, 0.6) is 5.75 Å². The Labute approximate surface area is 111 Å². The molecule has 3 aromatic rings. The molecule has 0 saturated carbocycles. The average Bonchev–Trinajstić information content (AvgIpc) is 2.82. The van der Waals surface area contributed by atoms with E-state index >= 15 is 0 Å². The highest BCUT2D eigenvalue weighted by atomic mass is 16.3. The molecule has 0 atom stereocenters. The van der Waals surface area contributed by atoms with E-state index in [0.717, 1.165) is 17.0 Å². The van der Waals surface area contributed by atoms with Crippen LogP contribution in [0.15, 0.2) is 60.7 Å².